The first-order valence-corrected chi connectivity index (χ1v) is 36.6. The van der Waals surface area contributed by atoms with Gasteiger partial charge in [-0.2, -0.15) is 0 Å². The van der Waals surface area contributed by atoms with E-state index in [0.717, 1.165) is 50.8 Å². The maximum Gasteiger partial charge on any atom is 0.143 e. The molecule has 4 heterocycles. The van der Waals surface area contributed by atoms with E-state index in [9.17, 15) is 0 Å². The van der Waals surface area contributed by atoms with Crippen LogP contribution in [-0.2, 0) is 12.8 Å². The first-order chi connectivity index (χ1) is 39.1. The third kappa shape index (κ3) is 25.1. The van der Waals surface area contributed by atoms with Crippen molar-refractivity contribution in [3.63, 3.8) is 0 Å². The topological polar surface area (TPSA) is 0 Å². The van der Waals surface area contributed by atoms with Crippen molar-refractivity contribution in [1.29, 1.82) is 0 Å². The summed E-state index contributed by atoms with van der Waals surface area (Å²) in [6.07, 6.45) is 53.8. The molecule has 0 saturated heterocycles. The van der Waals surface area contributed by atoms with Crippen LogP contribution in [0.15, 0.2) is 36.4 Å². The Morgan fingerprint density at radius 3 is 0.988 bits per heavy atom. The minimum absolute atomic E-state index is 0.255. The van der Waals surface area contributed by atoms with Gasteiger partial charge in [0.1, 0.15) is 23.3 Å². The van der Waals surface area contributed by atoms with E-state index in [1.807, 2.05) is 6.92 Å². The lowest BCUT2D eigenvalue weighted by atomic mass is 9.88. The summed E-state index contributed by atoms with van der Waals surface area (Å²) in [6.45, 7) is 13.1. The molecular weight excluding hydrogens is 1070 g/mol. The number of rotatable bonds is 48. The third-order valence-corrected chi connectivity index (χ3v) is 22.0. The number of thiophene rings is 4. The lowest BCUT2D eigenvalue weighted by molar-refractivity contribution is 0.399. The van der Waals surface area contributed by atoms with Crippen LogP contribution in [0.25, 0.3) is 40.4 Å². The minimum Gasteiger partial charge on any atom is -0.206 e. The Morgan fingerprint density at radius 2 is 0.613 bits per heavy atom. The highest BCUT2D eigenvalue weighted by Gasteiger charge is 2.25. The normalized spacial score (nSPS) is 12.6. The molecule has 0 bridgehead atoms. The zero-order chi connectivity index (χ0) is 57.2. The summed E-state index contributed by atoms with van der Waals surface area (Å²) in [5.74, 6) is -0.639. The van der Waals surface area contributed by atoms with Crippen LogP contribution >= 0.6 is 45.3 Å². The molecule has 450 valence electrons. The van der Waals surface area contributed by atoms with Crippen molar-refractivity contribution in [3.05, 3.63) is 80.5 Å². The highest BCUT2D eigenvalue weighted by Crippen LogP contribution is 2.48. The van der Waals surface area contributed by atoms with Gasteiger partial charge in [-0.15, -0.1) is 45.3 Å². The van der Waals surface area contributed by atoms with Crippen molar-refractivity contribution in [2.45, 2.75) is 311 Å². The van der Waals surface area contributed by atoms with Gasteiger partial charge in [0.25, 0.3) is 0 Å². The van der Waals surface area contributed by atoms with Gasteiger partial charge in [0.15, 0.2) is 0 Å². The summed E-state index contributed by atoms with van der Waals surface area (Å²) in [6, 6.07) is 10.1. The Bertz CT molecular complexity index is 2380. The molecule has 1 aromatic carbocycles. The van der Waals surface area contributed by atoms with E-state index in [2.05, 4.69) is 46.8 Å². The number of aryl methyl sites for hydroxylation is 2. The molecule has 5 aromatic rings. The van der Waals surface area contributed by atoms with Crippen LogP contribution in [0.4, 0.5) is 17.6 Å². The van der Waals surface area contributed by atoms with Gasteiger partial charge in [0, 0.05) is 40.4 Å². The highest BCUT2D eigenvalue weighted by atomic mass is 32.1. The van der Waals surface area contributed by atoms with Crippen molar-refractivity contribution >= 4 is 45.3 Å². The zero-order valence-electron chi connectivity index (χ0n) is 51.5. The van der Waals surface area contributed by atoms with Gasteiger partial charge in [0.2, 0.25) is 0 Å². The molecule has 0 nitrogen and oxygen atoms in total. The van der Waals surface area contributed by atoms with E-state index in [-0.39, 0.29) is 5.56 Å². The standard InChI is InChI=1S/C72H110F4S4/c1-7-11-15-19-23-27-29-33-37-40-44-57(43-39-35-31-25-21-17-13-9-3)48-59-50-67(78-56(59)6)61-52-64(74)62(53-63(61)73)68-51-60(70(79-68)69-54-66(76)72(80-69)71-65(75)47-55(5)77-71)49-58(45-41-36-32-26-22-18-14-10-4)46-42-38-34-30-28-24-20-16-12-8-2/h47,50-54,57-58H,7-46,48-49H2,1-6H3. The Morgan fingerprint density at radius 1 is 0.300 bits per heavy atom. The SMILES string of the molecule is CCCCCCCCCCCCC(CCCCCCCCCC)Cc1cc(-c2cc(F)c(-c3cc(CC(CCCCCCCCCC)CCCCCCCCCCCC)c(-c4cc(F)c(-c5sc(C)cc5F)s4)s3)cc2F)sc1C. The molecule has 0 aliphatic rings. The second-order valence-corrected chi connectivity index (χ2v) is 29.0. The minimum atomic E-state index is -0.433. The molecule has 2 unspecified atom stereocenters. The number of benzene rings is 1. The van der Waals surface area contributed by atoms with Crippen LogP contribution in [0.5, 0.6) is 0 Å². The Hall–Kier alpha value is -2.26. The van der Waals surface area contributed by atoms with Gasteiger partial charge in [-0.1, -0.05) is 285 Å². The van der Waals surface area contributed by atoms with Gasteiger partial charge >= 0.3 is 0 Å². The largest absolute Gasteiger partial charge is 0.206 e. The van der Waals surface area contributed by atoms with Crippen molar-refractivity contribution < 1.29 is 17.6 Å². The molecule has 0 radical (unpaired) electrons. The Kier molecular flexibility index (Phi) is 35.0. The monoisotopic (exact) mass is 1180 g/mol. The van der Waals surface area contributed by atoms with Crippen LogP contribution in [0.1, 0.15) is 305 Å². The lowest BCUT2D eigenvalue weighted by Crippen LogP contribution is -2.05. The van der Waals surface area contributed by atoms with Crippen LogP contribution in [-0.4, -0.2) is 0 Å². The third-order valence-electron chi connectivity index (χ3n) is 17.2. The summed E-state index contributed by atoms with van der Waals surface area (Å²) in [5, 5.41) is 0. The van der Waals surface area contributed by atoms with E-state index in [4.69, 9.17) is 0 Å². The fourth-order valence-electron chi connectivity index (χ4n) is 12.3. The van der Waals surface area contributed by atoms with Crippen LogP contribution in [0, 0.1) is 49.0 Å². The predicted molar refractivity (Wildman–Crippen MR) is 351 cm³/mol. The molecular formula is C72H110F4S4. The molecule has 5 rings (SSSR count). The van der Waals surface area contributed by atoms with Crippen molar-refractivity contribution in [2.75, 3.05) is 0 Å². The van der Waals surface area contributed by atoms with Crippen LogP contribution in [0.2, 0.25) is 0 Å². The number of halogens is 4. The fourth-order valence-corrected chi connectivity index (χ4v) is 16.7. The Labute approximate surface area is 503 Å². The number of hydrogen-bond acceptors (Lipinski definition) is 4. The van der Waals surface area contributed by atoms with Gasteiger partial charge in [-0.3, -0.25) is 0 Å². The molecule has 4 aromatic heterocycles. The van der Waals surface area contributed by atoms with Crippen molar-refractivity contribution in [2.24, 2.45) is 11.8 Å². The molecule has 0 saturated carbocycles. The summed E-state index contributed by atoms with van der Waals surface area (Å²) in [7, 11) is 0. The van der Waals surface area contributed by atoms with Crippen molar-refractivity contribution in [1.82, 2.24) is 0 Å². The van der Waals surface area contributed by atoms with Crippen molar-refractivity contribution in [3.8, 4) is 40.4 Å². The fraction of sp³-hybridized carbons (Fsp3) is 0.694. The molecule has 0 spiro atoms. The Balaban J connectivity index is 1.36. The van der Waals surface area contributed by atoms with E-state index in [0.29, 0.717) is 32.0 Å². The van der Waals surface area contributed by atoms with E-state index in [1.54, 1.807) is 17.4 Å². The van der Waals surface area contributed by atoms with Crippen LogP contribution in [0.3, 0.4) is 0 Å². The molecule has 8 heteroatoms. The second kappa shape index (κ2) is 40.9. The quantitative estimate of drug-likeness (QED) is 0.0269. The predicted octanol–water partition coefficient (Wildman–Crippen LogP) is 27.8. The summed E-state index contributed by atoms with van der Waals surface area (Å²) in [5.41, 5.74) is 2.94. The average molecular weight is 1180 g/mol. The summed E-state index contributed by atoms with van der Waals surface area (Å²) in [4.78, 5) is 5.73. The van der Waals surface area contributed by atoms with E-state index < -0.39 is 23.3 Å². The summed E-state index contributed by atoms with van der Waals surface area (Å²) < 4.78 is 65.0. The highest BCUT2D eigenvalue weighted by molar-refractivity contribution is 7.27. The van der Waals surface area contributed by atoms with Crippen LogP contribution < -0.4 is 0 Å². The van der Waals surface area contributed by atoms with E-state index >= 15 is 17.6 Å². The molecule has 80 heavy (non-hydrogen) atoms. The van der Waals surface area contributed by atoms with Gasteiger partial charge in [-0.25, -0.2) is 17.6 Å². The smallest absolute Gasteiger partial charge is 0.143 e. The lowest BCUT2D eigenvalue weighted by Gasteiger charge is -2.17. The number of hydrogen-bond donors (Lipinski definition) is 0. The first kappa shape index (κ1) is 68.5. The number of unbranched alkanes of at least 4 members (excludes halogenated alkanes) is 32. The maximum atomic E-state index is 16.9. The second-order valence-electron chi connectivity index (χ2n) is 24.4. The molecule has 2 atom stereocenters. The van der Waals surface area contributed by atoms with Gasteiger partial charge < -0.3 is 0 Å². The molecule has 0 aliphatic heterocycles. The molecule has 0 amide bonds. The van der Waals surface area contributed by atoms with E-state index in [1.165, 1.54) is 307 Å². The van der Waals surface area contributed by atoms with Gasteiger partial charge in [0.05, 0.1) is 9.75 Å². The maximum absolute atomic E-state index is 16.9. The first-order valence-electron chi connectivity index (χ1n) is 33.3. The van der Waals surface area contributed by atoms with Gasteiger partial charge in [-0.05, 0) is 86.1 Å². The molecule has 0 N–H and O–H groups in total. The summed E-state index contributed by atoms with van der Waals surface area (Å²) >= 11 is 5.60. The molecule has 0 aliphatic carbocycles. The molecule has 0 fully saturated rings. The zero-order valence-corrected chi connectivity index (χ0v) is 54.7. The average Bonchev–Trinajstić information content (AvgIpc) is 4.25.